The van der Waals surface area contributed by atoms with Crippen LogP contribution in [0.3, 0.4) is 0 Å². The number of nitrogens with zero attached hydrogens (tertiary/aromatic N) is 3. The molecule has 84 valence electrons. The van der Waals surface area contributed by atoms with Crippen LogP contribution in [-0.4, -0.2) is 34.5 Å². The van der Waals surface area contributed by atoms with E-state index in [4.69, 9.17) is 0 Å². The molecule has 0 spiro atoms. The second kappa shape index (κ2) is 3.60. The Morgan fingerprint density at radius 1 is 1.40 bits per heavy atom. The van der Waals surface area contributed by atoms with Gasteiger partial charge in [-0.15, -0.1) is 10.2 Å². The molecule has 0 amide bonds. The van der Waals surface area contributed by atoms with Gasteiger partial charge in [0.05, 0.1) is 6.10 Å². The summed E-state index contributed by atoms with van der Waals surface area (Å²) in [6, 6.07) is 0. The topological polar surface area (TPSA) is 49.2 Å². The molecule has 2 rings (SSSR count). The molecule has 0 unspecified atom stereocenters. The maximum Gasteiger partial charge on any atom is 0.445 e. The van der Waals surface area contributed by atoms with Crippen molar-refractivity contribution >= 4 is 16.5 Å². The van der Waals surface area contributed by atoms with Crippen LogP contribution >= 0.6 is 11.3 Å². The number of hydrogen-bond acceptors (Lipinski definition) is 5. The molecule has 0 aromatic carbocycles. The molecular weight excluding hydrogens is 231 g/mol. The van der Waals surface area contributed by atoms with Crippen LogP contribution in [0.5, 0.6) is 0 Å². The van der Waals surface area contributed by atoms with E-state index in [9.17, 15) is 18.3 Å². The second-order valence-electron chi connectivity index (χ2n) is 3.28. The largest absolute Gasteiger partial charge is 0.445 e. The van der Waals surface area contributed by atoms with Gasteiger partial charge in [-0.1, -0.05) is 11.3 Å². The Balaban J connectivity index is 2.14. The molecule has 0 saturated carbocycles. The Morgan fingerprint density at radius 2 is 2.13 bits per heavy atom. The molecule has 15 heavy (non-hydrogen) atoms. The van der Waals surface area contributed by atoms with Gasteiger partial charge >= 0.3 is 6.18 Å². The third kappa shape index (κ3) is 2.20. The van der Waals surface area contributed by atoms with E-state index < -0.39 is 17.3 Å². The van der Waals surface area contributed by atoms with E-state index in [2.05, 4.69) is 10.2 Å². The molecule has 1 atom stereocenters. The van der Waals surface area contributed by atoms with Crippen molar-refractivity contribution in [2.24, 2.45) is 0 Å². The summed E-state index contributed by atoms with van der Waals surface area (Å²) in [6.45, 7) is 0.847. The summed E-state index contributed by atoms with van der Waals surface area (Å²) >= 11 is 0.507. The number of aliphatic hydroxyl groups is 1. The van der Waals surface area contributed by atoms with E-state index in [1.54, 1.807) is 4.90 Å². The highest BCUT2D eigenvalue weighted by Crippen LogP contribution is 2.35. The SMILES string of the molecule is O[C@H]1CCN(c2nnc(C(F)(F)F)s2)C1. The van der Waals surface area contributed by atoms with Crippen LogP contribution in [0, 0.1) is 0 Å². The molecule has 2 heterocycles. The van der Waals surface area contributed by atoms with Gasteiger partial charge in [0.1, 0.15) is 0 Å². The lowest BCUT2D eigenvalue weighted by Gasteiger charge is -2.11. The van der Waals surface area contributed by atoms with Crippen molar-refractivity contribution in [2.45, 2.75) is 18.7 Å². The number of β-amino-alcohol motifs (C(OH)–C–C–N with tert-alkyl or cyclic N) is 1. The average Bonchev–Trinajstić information content (AvgIpc) is 2.69. The Kier molecular flexibility index (Phi) is 2.55. The molecule has 1 fully saturated rings. The van der Waals surface area contributed by atoms with Crippen LogP contribution in [0.25, 0.3) is 0 Å². The van der Waals surface area contributed by atoms with Gasteiger partial charge < -0.3 is 10.0 Å². The molecule has 1 aromatic rings. The third-order valence-electron chi connectivity index (χ3n) is 2.09. The van der Waals surface area contributed by atoms with E-state index in [0.29, 0.717) is 30.8 Å². The molecule has 4 nitrogen and oxygen atoms in total. The predicted octanol–water partition coefficient (Wildman–Crippen LogP) is 1.13. The van der Waals surface area contributed by atoms with Gasteiger partial charge in [0, 0.05) is 13.1 Å². The Morgan fingerprint density at radius 3 is 2.60 bits per heavy atom. The van der Waals surface area contributed by atoms with Crippen molar-refractivity contribution in [1.29, 1.82) is 0 Å². The number of anilines is 1. The predicted molar refractivity (Wildman–Crippen MR) is 47.7 cm³/mol. The van der Waals surface area contributed by atoms with Crippen molar-refractivity contribution < 1.29 is 18.3 Å². The molecular formula is C7H8F3N3OS. The van der Waals surface area contributed by atoms with Crippen LogP contribution in [0.15, 0.2) is 0 Å². The minimum Gasteiger partial charge on any atom is -0.391 e. The number of aliphatic hydroxyl groups excluding tert-OH is 1. The van der Waals surface area contributed by atoms with Crippen LogP contribution in [-0.2, 0) is 6.18 Å². The molecule has 1 N–H and O–H groups in total. The Bertz CT molecular complexity index is 353. The van der Waals surface area contributed by atoms with E-state index in [1.165, 1.54) is 0 Å². The molecule has 1 aliphatic heterocycles. The van der Waals surface area contributed by atoms with Gasteiger partial charge in [0.15, 0.2) is 0 Å². The Hall–Kier alpha value is -0.890. The summed E-state index contributed by atoms with van der Waals surface area (Å²) in [5.74, 6) is 0. The molecule has 0 bridgehead atoms. The highest BCUT2D eigenvalue weighted by Gasteiger charge is 2.36. The Labute approximate surface area is 87.3 Å². The first kappa shape index (κ1) is 10.6. The smallest absolute Gasteiger partial charge is 0.391 e. The normalized spacial score (nSPS) is 22.4. The monoisotopic (exact) mass is 239 g/mol. The number of hydrogen-bond donors (Lipinski definition) is 1. The number of alkyl halides is 3. The summed E-state index contributed by atoms with van der Waals surface area (Å²) in [5, 5.41) is 15.0. The van der Waals surface area contributed by atoms with E-state index >= 15 is 0 Å². The van der Waals surface area contributed by atoms with Crippen molar-refractivity contribution in [1.82, 2.24) is 10.2 Å². The van der Waals surface area contributed by atoms with Crippen molar-refractivity contribution in [2.75, 3.05) is 18.0 Å². The maximum atomic E-state index is 12.2. The molecule has 0 aliphatic carbocycles. The third-order valence-corrected chi connectivity index (χ3v) is 3.12. The van der Waals surface area contributed by atoms with E-state index in [0.717, 1.165) is 0 Å². The van der Waals surface area contributed by atoms with Crippen molar-refractivity contribution in [3.63, 3.8) is 0 Å². The van der Waals surface area contributed by atoms with Crippen LogP contribution in [0.2, 0.25) is 0 Å². The van der Waals surface area contributed by atoms with E-state index in [-0.39, 0.29) is 5.13 Å². The summed E-state index contributed by atoms with van der Waals surface area (Å²) in [4.78, 5) is 1.61. The zero-order chi connectivity index (χ0) is 11.1. The van der Waals surface area contributed by atoms with Crippen LogP contribution < -0.4 is 4.90 Å². The molecule has 1 aromatic heterocycles. The number of halogens is 3. The zero-order valence-corrected chi connectivity index (χ0v) is 8.35. The van der Waals surface area contributed by atoms with Gasteiger partial charge in [0.25, 0.3) is 0 Å². The van der Waals surface area contributed by atoms with Crippen molar-refractivity contribution in [3.8, 4) is 0 Å². The zero-order valence-electron chi connectivity index (χ0n) is 7.53. The first-order valence-corrected chi connectivity index (χ1v) is 5.12. The van der Waals surface area contributed by atoms with Crippen molar-refractivity contribution in [3.05, 3.63) is 5.01 Å². The van der Waals surface area contributed by atoms with Crippen LogP contribution in [0.1, 0.15) is 11.4 Å². The minimum absolute atomic E-state index is 0.221. The van der Waals surface area contributed by atoms with Gasteiger partial charge in [-0.25, -0.2) is 0 Å². The molecule has 0 radical (unpaired) electrons. The quantitative estimate of drug-likeness (QED) is 0.798. The maximum absolute atomic E-state index is 12.2. The van der Waals surface area contributed by atoms with Gasteiger partial charge in [0.2, 0.25) is 10.1 Å². The summed E-state index contributed by atoms with van der Waals surface area (Å²) in [6.07, 6.45) is -4.36. The van der Waals surface area contributed by atoms with Gasteiger partial charge in [-0.05, 0) is 6.42 Å². The summed E-state index contributed by atoms with van der Waals surface area (Å²) in [7, 11) is 0. The lowest BCUT2D eigenvalue weighted by Crippen LogP contribution is -2.20. The summed E-state index contributed by atoms with van der Waals surface area (Å²) in [5.41, 5.74) is 0. The standard InChI is InChI=1S/C7H8F3N3OS/c8-7(9,10)5-11-12-6(15-5)13-2-1-4(14)3-13/h4,14H,1-3H2/t4-/m0/s1. The lowest BCUT2D eigenvalue weighted by molar-refractivity contribution is -0.138. The highest BCUT2D eigenvalue weighted by atomic mass is 32.1. The first-order valence-electron chi connectivity index (χ1n) is 4.30. The number of aromatic nitrogens is 2. The first-order chi connectivity index (χ1) is 6.97. The molecule has 1 aliphatic rings. The second-order valence-corrected chi connectivity index (χ2v) is 4.23. The fourth-order valence-corrected chi connectivity index (χ4v) is 2.12. The molecule has 1 saturated heterocycles. The van der Waals surface area contributed by atoms with Crippen LogP contribution in [0.4, 0.5) is 18.3 Å². The van der Waals surface area contributed by atoms with Gasteiger partial charge in [-0.2, -0.15) is 13.2 Å². The average molecular weight is 239 g/mol. The van der Waals surface area contributed by atoms with Gasteiger partial charge in [-0.3, -0.25) is 0 Å². The number of rotatable bonds is 1. The summed E-state index contributed by atoms with van der Waals surface area (Å²) < 4.78 is 36.6. The minimum atomic E-state index is -4.44. The highest BCUT2D eigenvalue weighted by molar-refractivity contribution is 7.15. The van der Waals surface area contributed by atoms with E-state index in [1.807, 2.05) is 0 Å². The molecule has 8 heteroatoms. The fourth-order valence-electron chi connectivity index (χ4n) is 1.37. The fraction of sp³-hybridized carbons (Fsp3) is 0.714. The lowest BCUT2D eigenvalue weighted by atomic mass is 10.3.